The van der Waals surface area contributed by atoms with Gasteiger partial charge >= 0.3 is 5.97 Å². The van der Waals surface area contributed by atoms with E-state index in [2.05, 4.69) is 10.2 Å². The number of hydrogen-bond acceptors (Lipinski definition) is 9. The predicted molar refractivity (Wildman–Crippen MR) is 77.6 cm³/mol. The number of carbonyl (C=O) groups excluding carboxylic acids is 1. The standard InChI is InChI=1S/C13H7N3O8/c17-13(11-3-1-2-4-12(11)24-14-18)23-10-6-8(15(19)20)5-9(7-10)16(21)22/h1-7H. The summed E-state index contributed by atoms with van der Waals surface area (Å²) >= 11 is 0. The maximum atomic E-state index is 12.1. The molecule has 0 unspecified atom stereocenters. The van der Waals surface area contributed by atoms with Gasteiger partial charge in [-0.1, -0.05) is 12.1 Å². The number of esters is 1. The molecule has 122 valence electrons. The van der Waals surface area contributed by atoms with Gasteiger partial charge in [0.15, 0.2) is 11.1 Å². The lowest BCUT2D eigenvalue weighted by atomic mass is 10.2. The Morgan fingerprint density at radius 3 is 2.12 bits per heavy atom. The Labute approximate surface area is 132 Å². The van der Waals surface area contributed by atoms with Crippen molar-refractivity contribution in [3.63, 3.8) is 0 Å². The van der Waals surface area contributed by atoms with Crippen molar-refractivity contribution in [1.82, 2.24) is 0 Å². The highest BCUT2D eigenvalue weighted by molar-refractivity contribution is 5.94. The van der Waals surface area contributed by atoms with Gasteiger partial charge in [0, 0.05) is 0 Å². The fourth-order valence-corrected chi connectivity index (χ4v) is 1.75. The number of rotatable bonds is 6. The van der Waals surface area contributed by atoms with Gasteiger partial charge in [-0.25, -0.2) is 4.79 Å². The largest absolute Gasteiger partial charge is 0.422 e. The highest BCUT2D eigenvalue weighted by Gasteiger charge is 2.21. The van der Waals surface area contributed by atoms with Gasteiger partial charge in [-0.2, -0.15) is 0 Å². The lowest BCUT2D eigenvalue weighted by Gasteiger charge is -2.06. The molecular weight excluding hydrogens is 326 g/mol. The van der Waals surface area contributed by atoms with E-state index >= 15 is 0 Å². The quantitative estimate of drug-likeness (QED) is 0.257. The fourth-order valence-electron chi connectivity index (χ4n) is 1.75. The zero-order valence-electron chi connectivity index (χ0n) is 11.6. The maximum Gasteiger partial charge on any atom is 0.347 e. The summed E-state index contributed by atoms with van der Waals surface area (Å²) in [4.78, 5) is 46.5. The molecule has 0 N–H and O–H groups in total. The van der Waals surface area contributed by atoms with Crippen molar-refractivity contribution in [2.24, 2.45) is 5.34 Å². The molecule has 24 heavy (non-hydrogen) atoms. The Morgan fingerprint density at radius 2 is 1.58 bits per heavy atom. The van der Waals surface area contributed by atoms with Crippen LogP contribution in [0.25, 0.3) is 0 Å². The molecule has 0 bridgehead atoms. The third kappa shape index (κ3) is 3.65. The van der Waals surface area contributed by atoms with Crippen molar-refractivity contribution >= 4 is 17.3 Å². The summed E-state index contributed by atoms with van der Waals surface area (Å²) in [5, 5.41) is 23.8. The first-order valence-corrected chi connectivity index (χ1v) is 6.17. The van der Waals surface area contributed by atoms with Gasteiger partial charge in [0.1, 0.15) is 11.3 Å². The summed E-state index contributed by atoms with van der Waals surface area (Å²) in [6.07, 6.45) is 0. The summed E-state index contributed by atoms with van der Waals surface area (Å²) in [7, 11) is 0. The van der Waals surface area contributed by atoms with Crippen LogP contribution < -0.4 is 9.57 Å². The number of non-ortho nitro benzene ring substituents is 2. The minimum atomic E-state index is -1.04. The monoisotopic (exact) mass is 333 g/mol. The molecule has 0 aliphatic carbocycles. The van der Waals surface area contributed by atoms with Crippen LogP contribution in [-0.2, 0) is 0 Å². The van der Waals surface area contributed by atoms with Gasteiger partial charge in [0.2, 0.25) is 0 Å². The van der Waals surface area contributed by atoms with Crippen LogP contribution in [0.1, 0.15) is 10.4 Å². The number of hydrogen-bond donors (Lipinski definition) is 0. The van der Waals surface area contributed by atoms with Crippen molar-refractivity contribution in [1.29, 1.82) is 0 Å². The van der Waals surface area contributed by atoms with Gasteiger partial charge < -0.3 is 9.57 Å². The third-order valence-corrected chi connectivity index (χ3v) is 2.75. The molecule has 2 aromatic carbocycles. The molecule has 0 saturated carbocycles. The molecule has 0 aliphatic heterocycles. The van der Waals surface area contributed by atoms with E-state index in [0.29, 0.717) is 0 Å². The van der Waals surface area contributed by atoms with Crippen LogP contribution in [-0.4, -0.2) is 15.8 Å². The SMILES string of the molecule is O=NOc1ccccc1C(=O)Oc1cc([N+](=O)[O-])cc([N+](=O)[O-])c1. The van der Waals surface area contributed by atoms with E-state index in [9.17, 15) is 29.9 Å². The van der Waals surface area contributed by atoms with E-state index in [1.54, 1.807) is 0 Å². The molecule has 11 heteroatoms. The average Bonchev–Trinajstić information content (AvgIpc) is 2.55. The van der Waals surface area contributed by atoms with E-state index < -0.39 is 32.9 Å². The van der Waals surface area contributed by atoms with Crippen LogP contribution in [0.2, 0.25) is 0 Å². The number of carbonyl (C=O) groups is 1. The zero-order valence-corrected chi connectivity index (χ0v) is 11.6. The van der Waals surface area contributed by atoms with Crippen molar-refractivity contribution in [2.45, 2.75) is 0 Å². The molecule has 0 fully saturated rings. The molecule has 0 aromatic heterocycles. The molecule has 2 aromatic rings. The van der Waals surface area contributed by atoms with Crippen LogP contribution in [0.5, 0.6) is 11.5 Å². The van der Waals surface area contributed by atoms with Crippen molar-refractivity contribution in [3.05, 3.63) is 73.2 Å². The normalized spacial score (nSPS) is 9.83. The van der Waals surface area contributed by atoms with Gasteiger partial charge in [0.25, 0.3) is 11.4 Å². The van der Waals surface area contributed by atoms with E-state index in [-0.39, 0.29) is 11.3 Å². The maximum absolute atomic E-state index is 12.1. The van der Waals surface area contributed by atoms with Gasteiger partial charge in [-0.05, 0) is 12.1 Å². The van der Waals surface area contributed by atoms with Crippen LogP contribution in [0, 0.1) is 25.1 Å². The number of nitrogens with zero attached hydrogens (tertiary/aromatic N) is 3. The second kappa shape index (κ2) is 6.91. The van der Waals surface area contributed by atoms with Crippen molar-refractivity contribution < 1.29 is 24.2 Å². The van der Waals surface area contributed by atoms with Crippen molar-refractivity contribution in [3.8, 4) is 11.5 Å². The lowest BCUT2D eigenvalue weighted by Crippen LogP contribution is -2.10. The first kappa shape index (κ1) is 16.5. The number of para-hydroxylation sites is 1. The Kier molecular flexibility index (Phi) is 4.75. The molecule has 0 radical (unpaired) electrons. The lowest BCUT2D eigenvalue weighted by molar-refractivity contribution is -0.394. The van der Waals surface area contributed by atoms with E-state index in [1.165, 1.54) is 24.3 Å². The highest BCUT2D eigenvalue weighted by atomic mass is 16.7. The fraction of sp³-hybridized carbons (Fsp3) is 0. The Morgan fingerprint density at radius 1 is 1.00 bits per heavy atom. The van der Waals surface area contributed by atoms with Crippen LogP contribution >= 0.6 is 0 Å². The molecular formula is C13H7N3O8. The van der Waals surface area contributed by atoms with E-state index in [4.69, 9.17) is 4.74 Å². The van der Waals surface area contributed by atoms with Gasteiger partial charge in [-0.3, -0.25) is 20.2 Å². The average molecular weight is 333 g/mol. The summed E-state index contributed by atoms with van der Waals surface area (Å²) in [5.41, 5.74) is -1.43. The van der Waals surface area contributed by atoms with Crippen LogP contribution in [0.15, 0.2) is 47.8 Å². The molecule has 0 spiro atoms. The first-order chi connectivity index (χ1) is 11.4. The summed E-state index contributed by atoms with van der Waals surface area (Å²) in [5.74, 6) is -1.64. The summed E-state index contributed by atoms with van der Waals surface area (Å²) in [6, 6.07) is 7.88. The smallest absolute Gasteiger partial charge is 0.347 e. The number of ether oxygens (including phenoxy) is 1. The Bertz CT molecular complexity index is 803. The van der Waals surface area contributed by atoms with Gasteiger partial charge in [0.05, 0.1) is 28.0 Å². The molecule has 0 heterocycles. The second-order valence-electron chi connectivity index (χ2n) is 4.25. The molecule has 0 saturated heterocycles. The van der Waals surface area contributed by atoms with Gasteiger partial charge in [-0.15, -0.1) is 4.91 Å². The minimum absolute atomic E-state index is 0.189. The number of benzene rings is 2. The van der Waals surface area contributed by atoms with Crippen LogP contribution in [0.3, 0.4) is 0 Å². The second-order valence-corrected chi connectivity index (χ2v) is 4.25. The van der Waals surface area contributed by atoms with Crippen LogP contribution in [0.4, 0.5) is 11.4 Å². The highest BCUT2D eigenvalue weighted by Crippen LogP contribution is 2.29. The Hall–Kier alpha value is -3.89. The number of nitro benzene ring substituents is 2. The third-order valence-electron chi connectivity index (χ3n) is 2.75. The molecule has 0 amide bonds. The molecule has 11 nitrogen and oxygen atoms in total. The molecule has 2 rings (SSSR count). The van der Waals surface area contributed by atoms with Crippen molar-refractivity contribution in [2.75, 3.05) is 0 Å². The molecule has 0 atom stereocenters. The molecule has 0 aliphatic rings. The summed E-state index contributed by atoms with van der Waals surface area (Å²) in [6.45, 7) is 0. The number of nitro groups is 2. The Balaban J connectivity index is 2.37. The summed E-state index contributed by atoms with van der Waals surface area (Å²) < 4.78 is 4.90. The topological polar surface area (TPSA) is 151 Å². The van der Waals surface area contributed by atoms with E-state index in [1.807, 2.05) is 0 Å². The zero-order chi connectivity index (χ0) is 17.7. The predicted octanol–water partition coefficient (Wildman–Crippen LogP) is 2.78. The van der Waals surface area contributed by atoms with E-state index in [0.717, 1.165) is 18.2 Å². The minimum Gasteiger partial charge on any atom is -0.422 e. The first-order valence-electron chi connectivity index (χ1n) is 6.17.